The van der Waals surface area contributed by atoms with Gasteiger partial charge >= 0.3 is 0 Å². The Kier molecular flexibility index (Phi) is 4.73. The van der Waals surface area contributed by atoms with Gasteiger partial charge in [0.2, 0.25) is 0 Å². The van der Waals surface area contributed by atoms with E-state index in [4.69, 9.17) is 22.1 Å². The highest BCUT2D eigenvalue weighted by Gasteiger charge is 2.09. The third-order valence-corrected chi connectivity index (χ3v) is 3.83. The summed E-state index contributed by atoms with van der Waals surface area (Å²) in [5, 5.41) is 3.66. The molecule has 0 aliphatic carbocycles. The van der Waals surface area contributed by atoms with Gasteiger partial charge in [-0.1, -0.05) is 11.6 Å². The van der Waals surface area contributed by atoms with Crippen LogP contribution in [0.3, 0.4) is 0 Å². The molecule has 106 valence electrons. The molecule has 0 aliphatic rings. The summed E-state index contributed by atoms with van der Waals surface area (Å²) in [6.45, 7) is 2.17. The van der Waals surface area contributed by atoms with Gasteiger partial charge in [-0.15, -0.1) is 0 Å². The summed E-state index contributed by atoms with van der Waals surface area (Å²) in [5.74, 6) is -0.323. The van der Waals surface area contributed by atoms with Gasteiger partial charge in [-0.25, -0.2) is 4.39 Å². The first-order chi connectivity index (χ1) is 9.51. The van der Waals surface area contributed by atoms with Crippen molar-refractivity contribution in [3.63, 3.8) is 0 Å². The van der Waals surface area contributed by atoms with E-state index in [9.17, 15) is 4.39 Å². The number of benzene rings is 2. The van der Waals surface area contributed by atoms with Crippen LogP contribution in [0.15, 0.2) is 34.8 Å². The molecule has 0 fully saturated rings. The van der Waals surface area contributed by atoms with Crippen molar-refractivity contribution in [3.05, 3.63) is 45.6 Å². The summed E-state index contributed by atoms with van der Waals surface area (Å²) in [6, 6.07) is 8.15. The van der Waals surface area contributed by atoms with Gasteiger partial charge in [-0.05, 0) is 41.1 Å². The Bertz CT molecular complexity index is 637. The van der Waals surface area contributed by atoms with E-state index in [-0.39, 0.29) is 5.75 Å². The number of hydrogen-bond acceptors (Lipinski definition) is 3. The number of anilines is 3. The standard InChI is InChI=1S/C14H13BrClFN2O/c1-2-20-14-7-13(12(18)6-11(14)17)19-8-3-4-9(15)10(16)5-8/h3-7,19H,2,18H2,1H3. The Morgan fingerprint density at radius 3 is 2.75 bits per heavy atom. The minimum Gasteiger partial charge on any atom is -0.491 e. The van der Waals surface area contributed by atoms with Crippen molar-refractivity contribution >= 4 is 44.6 Å². The van der Waals surface area contributed by atoms with Crippen LogP contribution < -0.4 is 15.8 Å². The van der Waals surface area contributed by atoms with E-state index in [1.165, 1.54) is 12.1 Å². The molecule has 2 aromatic rings. The lowest BCUT2D eigenvalue weighted by Crippen LogP contribution is -2.01. The van der Waals surface area contributed by atoms with Gasteiger partial charge in [0, 0.05) is 22.3 Å². The highest BCUT2D eigenvalue weighted by Crippen LogP contribution is 2.32. The molecule has 0 heterocycles. The van der Waals surface area contributed by atoms with Crippen molar-refractivity contribution in [1.82, 2.24) is 0 Å². The highest BCUT2D eigenvalue weighted by atomic mass is 79.9. The zero-order valence-corrected chi connectivity index (χ0v) is 13.1. The molecule has 0 unspecified atom stereocenters. The quantitative estimate of drug-likeness (QED) is 0.758. The molecule has 0 aliphatic heterocycles. The van der Waals surface area contributed by atoms with Crippen molar-refractivity contribution < 1.29 is 9.13 Å². The van der Waals surface area contributed by atoms with Crippen molar-refractivity contribution in [3.8, 4) is 5.75 Å². The van der Waals surface area contributed by atoms with Gasteiger partial charge in [0.15, 0.2) is 11.6 Å². The zero-order chi connectivity index (χ0) is 14.7. The number of halogens is 3. The maximum Gasteiger partial charge on any atom is 0.167 e. The second-order valence-electron chi connectivity index (χ2n) is 4.06. The summed E-state index contributed by atoms with van der Waals surface area (Å²) in [7, 11) is 0. The molecule has 0 atom stereocenters. The minimum absolute atomic E-state index is 0.160. The lowest BCUT2D eigenvalue weighted by molar-refractivity contribution is 0.322. The number of ether oxygens (including phenoxy) is 1. The molecule has 6 heteroatoms. The molecule has 0 aromatic heterocycles. The van der Waals surface area contributed by atoms with Crippen LogP contribution in [0.1, 0.15) is 6.92 Å². The Labute approximate surface area is 130 Å². The van der Waals surface area contributed by atoms with Gasteiger partial charge in [-0.2, -0.15) is 0 Å². The SMILES string of the molecule is CCOc1cc(Nc2ccc(Br)c(Cl)c2)c(N)cc1F. The normalized spacial score (nSPS) is 10.4. The molecule has 20 heavy (non-hydrogen) atoms. The number of nitrogens with one attached hydrogen (secondary N) is 1. The van der Waals surface area contributed by atoms with Crippen LogP contribution in [0, 0.1) is 5.82 Å². The van der Waals surface area contributed by atoms with E-state index in [1.807, 2.05) is 12.1 Å². The van der Waals surface area contributed by atoms with E-state index in [1.54, 1.807) is 13.0 Å². The zero-order valence-electron chi connectivity index (χ0n) is 10.7. The number of nitrogens with two attached hydrogens (primary N) is 1. The molecular weight excluding hydrogens is 347 g/mol. The Morgan fingerprint density at radius 1 is 1.35 bits per heavy atom. The summed E-state index contributed by atoms with van der Waals surface area (Å²) in [6.07, 6.45) is 0. The minimum atomic E-state index is -0.483. The first-order valence-electron chi connectivity index (χ1n) is 5.95. The Hall–Kier alpha value is -1.46. The van der Waals surface area contributed by atoms with Crippen molar-refractivity contribution in [2.45, 2.75) is 6.92 Å². The average Bonchev–Trinajstić information content (AvgIpc) is 2.39. The van der Waals surface area contributed by atoms with Crippen LogP contribution in [0.4, 0.5) is 21.5 Å². The van der Waals surface area contributed by atoms with Crippen LogP contribution in [0.5, 0.6) is 5.75 Å². The molecule has 0 radical (unpaired) electrons. The summed E-state index contributed by atoms with van der Waals surface area (Å²) >= 11 is 9.34. The average molecular weight is 360 g/mol. The van der Waals surface area contributed by atoms with Crippen LogP contribution >= 0.6 is 27.5 Å². The van der Waals surface area contributed by atoms with Gasteiger partial charge in [0.1, 0.15) is 0 Å². The van der Waals surface area contributed by atoms with Crippen molar-refractivity contribution in [2.75, 3.05) is 17.7 Å². The van der Waals surface area contributed by atoms with Crippen LogP contribution in [-0.2, 0) is 0 Å². The van der Waals surface area contributed by atoms with Gasteiger partial charge in [0.25, 0.3) is 0 Å². The summed E-state index contributed by atoms with van der Waals surface area (Å²) < 4.78 is 19.6. The first kappa shape index (κ1) is 14.9. The summed E-state index contributed by atoms with van der Waals surface area (Å²) in [5.41, 5.74) is 7.41. The van der Waals surface area contributed by atoms with E-state index in [0.29, 0.717) is 23.0 Å². The molecule has 0 saturated carbocycles. The van der Waals surface area contributed by atoms with E-state index in [2.05, 4.69) is 21.2 Å². The largest absolute Gasteiger partial charge is 0.491 e. The second-order valence-corrected chi connectivity index (χ2v) is 5.32. The Morgan fingerprint density at radius 2 is 2.10 bits per heavy atom. The molecule has 2 aromatic carbocycles. The van der Waals surface area contributed by atoms with E-state index >= 15 is 0 Å². The highest BCUT2D eigenvalue weighted by molar-refractivity contribution is 9.10. The summed E-state index contributed by atoms with van der Waals surface area (Å²) in [4.78, 5) is 0. The topological polar surface area (TPSA) is 47.3 Å². The fourth-order valence-corrected chi connectivity index (χ4v) is 2.10. The smallest absolute Gasteiger partial charge is 0.167 e. The third kappa shape index (κ3) is 3.35. The molecule has 0 saturated heterocycles. The van der Waals surface area contributed by atoms with E-state index in [0.717, 1.165) is 10.2 Å². The number of nitrogen functional groups attached to an aromatic ring is 1. The molecule has 3 N–H and O–H groups in total. The molecule has 2 rings (SSSR count). The molecule has 0 amide bonds. The molecular formula is C14H13BrClFN2O. The third-order valence-electron chi connectivity index (χ3n) is 2.60. The van der Waals surface area contributed by atoms with Gasteiger partial charge in [0.05, 0.1) is 23.0 Å². The lowest BCUT2D eigenvalue weighted by Gasteiger charge is -2.13. The van der Waals surface area contributed by atoms with Crippen molar-refractivity contribution in [2.24, 2.45) is 0 Å². The molecule has 0 spiro atoms. The van der Waals surface area contributed by atoms with Crippen LogP contribution in [0.25, 0.3) is 0 Å². The second kappa shape index (κ2) is 6.33. The first-order valence-corrected chi connectivity index (χ1v) is 7.12. The predicted molar refractivity (Wildman–Crippen MR) is 84.4 cm³/mol. The van der Waals surface area contributed by atoms with Crippen molar-refractivity contribution in [1.29, 1.82) is 0 Å². The van der Waals surface area contributed by atoms with Crippen LogP contribution in [-0.4, -0.2) is 6.61 Å². The monoisotopic (exact) mass is 358 g/mol. The number of rotatable bonds is 4. The number of hydrogen-bond donors (Lipinski definition) is 2. The predicted octanol–water partition coefficient (Wildman–Crippen LogP) is 4.97. The fourth-order valence-electron chi connectivity index (χ4n) is 1.67. The maximum atomic E-state index is 13.6. The lowest BCUT2D eigenvalue weighted by atomic mass is 10.2. The molecule has 3 nitrogen and oxygen atoms in total. The van der Waals surface area contributed by atoms with Gasteiger partial charge < -0.3 is 15.8 Å². The maximum absolute atomic E-state index is 13.6. The van der Waals surface area contributed by atoms with E-state index < -0.39 is 5.82 Å². The van der Waals surface area contributed by atoms with Crippen LogP contribution in [0.2, 0.25) is 5.02 Å². The Balaban J connectivity index is 2.32. The molecule has 0 bridgehead atoms. The van der Waals surface area contributed by atoms with Gasteiger partial charge in [-0.3, -0.25) is 0 Å². The fraction of sp³-hybridized carbons (Fsp3) is 0.143.